The SMILES string of the molecule is O=C(O)C1(Nc2cccc(Cl)c2)CCC2(CC1)c1ccccc1CC2C[C@@H](F)COc1ccnc2c1CCC2. The molecule has 7 heteroatoms. The molecule has 1 heterocycles. The van der Waals surface area contributed by atoms with Crippen molar-refractivity contribution in [2.45, 2.75) is 74.9 Å². The third-order valence-electron chi connectivity index (χ3n) is 9.32. The minimum atomic E-state index is -1.11. The van der Waals surface area contributed by atoms with E-state index in [-0.39, 0.29) is 17.9 Å². The van der Waals surface area contributed by atoms with Crippen LogP contribution in [0.1, 0.15) is 60.9 Å². The number of benzene rings is 2. The lowest BCUT2D eigenvalue weighted by Crippen LogP contribution is -2.53. The average molecular weight is 549 g/mol. The summed E-state index contributed by atoms with van der Waals surface area (Å²) < 4.78 is 21.6. The van der Waals surface area contributed by atoms with Gasteiger partial charge < -0.3 is 15.2 Å². The Bertz CT molecular complexity index is 1370. The Hall–Kier alpha value is -3.12. The number of alkyl halides is 1. The largest absolute Gasteiger partial charge is 0.490 e. The van der Waals surface area contributed by atoms with Crippen LogP contribution in [-0.2, 0) is 29.5 Å². The molecule has 1 unspecified atom stereocenters. The Morgan fingerprint density at radius 3 is 2.74 bits per heavy atom. The number of nitrogens with one attached hydrogen (secondary N) is 1. The number of aromatic nitrogens is 1. The first-order valence-electron chi connectivity index (χ1n) is 14.0. The molecule has 2 atom stereocenters. The standard InChI is InChI=1S/C32H34ClFN2O3/c33-23-6-3-7-25(19-23)36-32(30(37)38)14-12-31(13-15-32)22(17-21-5-1-2-9-27(21)31)18-24(34)20-39-29-11-16-35-28-10-4-8-26(28)29/h1-3,5-7,9,11,16,19,22,24,36H,4,8,10,12-15,17-18,20H2,(H,37,38)/t22?,24-,31?,32?/m1/s1. The first kappa shape index (κ1) is 26.1. The zero-order chi connectivity index (χ0) is 27.0. The number of carboxylic acid groups (broad SMARTS) is 1. The van der Waals surface area contributed by atoms with Crippen LogP contribution in [0.3, 0.4) is 0 Å². The summed E-state index contributed by atoms with van der Waals surface area (Å²) in [5.41, 5.74) is 4.09. The van der Waals surface area contributed by atoms with Crippen molar-refractivity contribution < 1.29 is 19.0 Å². The average Bonchev–Trinajstić information content (AvgIpc) is 3.52. The van der Waals surface area contributed by atoms with Crippen LogP contribution in [0.4, 0.5) is 10.1 Å². The maximum Gasteiger partial charge on any atom is 0.329 e. The normalized spacial score (nSPS) is 26.2. The quantitative estimate of drug-likeness (QED) is 0.319. The van der Waals surface area contributed by atoms with Gasteiger partial charge in [0, 0.05) is 28.2 Å². The smallest absolute Gasteiger partial charge is 0.329 e. The van der Waals surface area contributed by atoms with Crippen molar-refractivity contribution in [1.82, 2.24) is 4.98 Å². The minimum Gasteiger partial charge on any atom is -0.490 e. The predicted molar refractivity (Wildman–Crippen MR) is 150 cm³/mol. The predicted octanol–water partition coefficient (Wildman–Crippen LogP) is 6.95. The molecule has 1 spiro atoms. The van der Waals surface area contributed by atoms with Gasteiger partial charge >= 0.3 is 5.97 Å². The van der Waals surface area contributed by atoms with Gasteiger partial charge in [-0.3, -0.25) is 4.98 Å². The number of anilines is 1. The number of hydrogen-bond acceptors (Lipinski definition) is 4. The highest BCUT2D eigenvalue weighted by Gasteiger charge is 2.54. The second-order valence-electron chi connectivity index (χ2n) is 11.5. The van der Waals surface area contributed by atoms with Gasteiger partial charge in [0.15, 0.2) is 0 Å². The molecule has 5 nitrogen and oxygen atoms in total. The fraction of sp³-hybridized carbons (Fsp3) is 0.438. The molecule has 0 bridgehead atoms. The van der Waals surface area contributed by atoms with Crippen LogP contribution in [0.25, 0.3) is 0 Å². The highest BCUT2D eigenvalue weighted by Crippen LogP contribution is 2.56. The van der Waals surface area contributed by atoms with E-state index in [0.717, 1.165) is 42.7 Å². The zero-order valence-electron chi connectivity index (χ0n) is 22.0. The second kappa shape index (κ2) is 10.5. The fourth-order valence-electron chi connectivity index (χ4n) is 7.33. The van der Waals surface area contributed by atoms with Gasteiger partial charge in [-0.1, -0.05) is 41.9 Å². The molecule has 1 saturated carbocycles. The highest BCUT2D eigenvalue weighted by atomic mass is 35.5. The Balaban J connectivity index is 1.19. The molecule has 2 N–H and O–H groups in total. The number of aryl methyl sites for hydroxylation is 1. The van der Waals surface area contributed by atoms with E-state index in [0.29, 0.717) is 42.8 Å². The maximum absolute atomic E-state index is 15.6. The van der Waals surface area contributed by atoms with E-state index in [2.05, 4.69) is 22.4 Å². The van der Waals surface area contributed by atoms with E-state index in [1.54, 1.807) is 18.3 Å². The van der Waals surface area contributed by atoms with Crippen molar-refractivity contribution in [3.8, 4) is 5.75 Å². The van der Waals surface area contributed by atoms with Crippen LogP contribution in [0.5, 0.6) is 5.75 Å². The molecule has 0 saturated heterocycles. The summed E-state index contributed by atoms with van der Waals surface area (Å²) in [5, 5.41) is 14.2. The van der Waals surface area contributed by atoms with Crippen LogP contribution >= 0.6 is 11.6 Å². The van der Waals surface area contributed by atoms with Gasteiger partial charge in [-0.15, -0.1) is 0 Å². The number of rotatable bonds is 8. The lowest BCUT2D eigenvalue weighted by molar-refractivity contribution is -0.144. The first-order valence-corrected chi connectivity index (χ1v) is 14.4. The zero-order valence-corrected chi connectivity index (χ0v) is 22.7. The van der Waals surface area contributed by atoms with Crippen molar-refractivity contribution >= 4 is 23.3 Å². The lowest BCUT2D eigenvalue weighted by atomic mass is 9.60. The summed E-state index contributed by atoms with van der Waals surface area (Å²) in [6, 6.07) is 17.4. The van der Waals surface area contributed by atoms with E-state index >= 15 is 4.39 Å². The van der Waals surface area contributed by atoms with Crippen LogP contribution in [-0.4, -0.2) is 34.4 Å². The van der Waals surface area contributed by atoms with Gasteiger partial charge in [0.05, 0.1) is 0 Å². The molecule has 1 aromatic heterocycles. The fourth-order valence-corrected chi connectivity index (χ4v) is 7.52. The molecule has 6 rings (SSSR count). The van der Waals surface area contributed by atoms with Gasteiger partial charge in [-0.2, -0.15) is 0 Å². The van der Waals surface area contributed by atoms with Gasteiger partial charge in [0.1, 0.15) is 24.1 Å². The number of carboxylic acids is 1. The van der Waals surface area contributed by atoms with Gasteiger partial charge in [-0.05, 0) is 105 Å². The van der Waals surface area contributed by atoms with Crippen molar-refractivity contribution in [3.05, 3.63) is 88.2 Å². The molecule has 0 amide bonds. The summed E-state index contributed by atoms with van der Waals surface area (Å²) in [6.07, 6.45) is 7.07. The van der Waals surface area contributed by atoms with Crippen molar-refractivity contribution in [3.63, 3.8) is 0 Å². The molecule has 0 radical (unpaired) electrons. The molecule has 2 aromatic carbocycles. The number of aliphatic carboxylic acids is 1. The van der Waals surface area contributed by atoms with E-state index in [4.69, 9.17) is 16.3 Å². The summed E-state index contributed by atoms with van der Waals surface area (Å²) in [6.45, 7) is 0.0226. The van der Waals surface area contributed by atoms with E-state index in [1.807, 2.05) is 30.3 Å². The molecular formula is C32H34ClFN2O3. The van der Waals surface area contributed by atoms with E-state index < -0.39 is 17.7 Å². The van der Waals surface area contributed by atoms with Crippen molar-refractivity contribution in [2.24, 2.45) is 5.92 Å². The Labute approximate surface area is 233 Å². The van der Waals surface area contributed by atoms with Crippen LogP contribution in [0.15, 0.2) is 60.8 Å². The Kier molecular flexibility index (Phi) is 7.00. The first-order chi connectivity index (χ1) is 18.9. The summed E-state index contributed by atoms with van der Waals surface area (Å²) in [5.74, 6) is -0.00278. The van der Waals surface area contributed by atoms with Gasteiger partial charge in [0.2, 0.25) is 0 Å². The van der Waals surface area contributed by atoms with Crippen LogP contribution in [0.2, 0.25) is 5.02 Å². The number of ether oxygens (including phenoxy) is 1. The molecule has 0 aliphatic heterocycles. The third-order valence-corrected chi connectivity index (χ3v) is 9.55. The summed E-state index contributed by atoms with van der Waals surface area (Å²) in [4.78, 5) is 17.0. The number of fused-ring (bicyclic) bond motifs is 3. The molecule has 3 aromatic rings. The van der Waals surface area contributed by atoms with Gasteiger partial charge in [-0.25, -0.2) is 9.18 Å². The molecular weight excluding hydrogens is 515 g/mol. The third kappa shape index (κ3) is 4.88. The van der Waals surface area contributed by atoms with E-state index in [9.17, 15) is 9.90 Å². The van der Waals surface area contributed by atoms with Crippen LogP contribution in [0, 0.1) is 5.92 Å². The summed E-state index contributed by atoms with van der Waals surface area (Å²) >= 11 is 6.17. The number of halogens is 2. The van der Waals surface area contributed by atoms with Gasteiger partial charge in [0.25, 0.3) is 0 Å². The van der Waals surface area contributed by atoms with Crippen LogP contribution < -0.4 is 10.1 Å². The second-order valence-corrected chi connectivity index (χ2v) is 11.9. The van der Waals surface area contributed by atoms with E-state index in [1.165, 1.54) is 11.1 Å². The minimum absolute atomic E-state index is 0.0226. The number of carbonyl (C=O) groups is 1. The number of nitrogens with zero attached hydrogens (tertiary/aromatic N) is 1. The Morgan fingerprint density at radius 2 is 1.95 bits per heavy atom. The number of pyridine rings is 1. The van der Waals surface area contributed by atoms with Crippen molar-refractivity contribution in [1.29, 1.82) is 0 Å². The van der Waals surface area contributed by atoms with Crippen molar-refractivity contribution in [2.75, 3.05) is 11.9 Å². The molecule has 39 heavy (non-hydrogen) atoms. The lowest BCUT2D eigenvalue weighted by Gasteiger charge is -2.47. The monoisotopic (exact) mass is 548 g/mol. The maximum atomic E-state index is 15.6. The molecule has 204 valence electrons. The molecule has 1 fully saturated rings. The summed E-state index contributed by atoms with van der Waals surface area (Å²) in [7, 11) is 0. The Morgan fingerprint density at radius 1 is 1.13 bits per heavy atom. The molecule has 3 aliphatic rings. The topological polar surface area (TPSA) is 71.5 Å². The number of hydrogen-bond donors (Lipinski definition) is 2. The molecule has 3 aliphatic carbocycles. The highest BCUT2D eigenvalue weighted by molar-refractivity contribution is 6.30.